The topological polar surface area (TPSA) is 7.65 Å². The summed E-state index contributed by atoms with van der Waals surface area (Å²) in [6.07, 6.45) is 2.19. The van der Waals surface area contributed by atoms with Crippen LogP contribution in [-0.2, 0) is 0 Å². The number of anilines is 3. The lowest BCUT2D eigenvalue weighted by Gasteiger charge is -2.26. The molecule has 0 radical (unpaired) electrons. The van der Waals surface area contributed by atoms with Gasteiger partial charge in [0, 0.05) is 34.4 Å². The van der Waals surface area contributed by atoms with Gasteiger partial charge in [0.15, 0.2) is 0 Å². The minimum absolute atomic E-state index is 1.09. The molecule has 0 amide bonds. The monoisotopic (exact) mass is 664 g/mol. The van der Waals surface area contributed by atoms with Crippen molar-refractivity contribution >= 4 is 22.6 Å². The molecule has 0 spiro atoms. The Kier molecular flexibility index (Phi) is 8.24. The molecule has 0 atom stereocenters. The number of hydrogen-bond donors (Lipinski definition) is 0. The first-order valence-electron chi connectivity index (χ1n) is 17.8. The minimum Gasteiger partial charge on any atom is -0.315 e. The molecule has 246 valence electrons. The van der Waals surface area contributed by atoms with Crippen LogP contribution in [0.1, 0.15) is 0 Å². The highest BCUT2D eigenvalue weighted by Gasteiger charge is 2.22. The summed E-state index contributed by atoms with van der Waals surface area (Å²) in [5, 5.41) is 0. The lowest BCUT2D eigenvalue weighted by Crippen LogP contribution is -2.09. The number of benzene rings is 7. The second-order valence-corrected chi connectivity index (χ2v) is 13.0. The van der Waals surface area contributed by atoms with Gasteiger partial charge in [-0.3, -0.25) is 0 Å². The molecule has 7 aromatic carbocycles. The van der Waals surface area contributed by atoms with Crippen molar-refractivity contribution in [2.75, 3.05) is 4.90 Å². The van der Waals surface area contributed by atoms with Gasteiger partial charge in [-0.1, -0.05) is 164 Å². The van der Waals surface area contributed by atoms with E-state index in [9.17, 15) is 0 Å². The zero-order valence-electron chi connectivity index (χ0n) is 28.7. The van der Waals surface area contributed by atoms with Gasteiger partial charge in [0.1, 0.15) is 0 Å². The Labute approximate surface area is 305 Å². The van der Waals surface area contributed by atoms with Crippen molar-refractivity contribution in [1.29, 1.82) is 0 Å². The third-order valence-corrected chi connectivity index (χ3v) is 9.83. The lowest BCUT2D eigenvalue weighted by atomic mass is 9.93. The van der Waals surface area contributed by atoms with Crippen LogP contribution >= 0.6 is 0 Å². The highest BCUT2D eigenvalue weighted by molar-refractivity contribution is 6.03. The van der Waals surface area contributed by atoms with Crippen molar-refractivity contribution in [3.8, 4) is 55.8 Å². The van der Waals surface area contributed by atoms with Gasteiger partial charge in [-0.25, -0.2) is 0 Å². The maximum Gasteiger partial charge on any atom is 0.0613 e. The minimum atomic E-state index is 1.09. The summed E-state index contributed by atoms with van der Waals surface area (Å²) in [6.45, 7) is 0. The molecule has 9 aromatic rings. The first-order chi connectivity index (χ1) is 25.8. The molecule has 52 heavy (non-hydrogen) atoms. The van der Waals surface area contributed by atoms with Crippen molar-refractivity contribution in [3.05, 3.63) is 219 Å². The zero-order chi connectivity index (χ0) is 34.7. The van der Waals surface area contributed by atoms with Crippen LogP contribution in [0.5, 0.6) is 0 Å². The smallest absolute Gasteiger partial charge is 0.0613 e. The predicted molar refractivity (Wildman–Crippen MR) is 219 cm³/mol. The molecule has 0 bridgehead atoms. The van der Waals surface area contributed by atoms with Crippen LogP contribution in [0.3, 0.4) is 0 Å². The first kappa shape index (κ1) is 31.1. The molecule has 0 saturated carbocycles. The van der Waals surface area contributed by atoms with Crippen LogP contribution in [0.2, 0.25) is 0 Å². The average molecular weight is 665 g/mol. The molecule has 0 N–H and O–H groups in total. The SMILES string of the molecule is c1ccc(-c2ccc(N(c3ccc(-c4ccccc4)cc3)c3ccc(-c4c(-c5ccccc5)c(-c5ccccc5)c5ccccn45)cc3)cc2)cc1. The van der Waals surface area contributed by atoms with E-state index in [2.05, 4.69) is 228 Å². The van der Waals surface area contributed by atoms with Crippen LogP contribution in [0, 0.1) is 0 Å². The summed E-state index contributed by atoms with van der Waals surface area (Å²) in [7, 11) is 0. The van der Waals surface area contributed by atoms with Gasteiger partial charge in [-0.05, 0) is 87.5 Å². The molecule has 2 aromatic heterocycles. The Morgan fingerprint density at radius 2 is 0.615 bits per heavy atom. The van der Waals surface area contributed by atoms with E-state index in [0.717, 1.165) is 22.6 Å². The fraction of sp³-hybridized carbons (Fsp3) is 0. The van der Waals surface area contributed by atoms with Gasteiger partial charge in [-0.15, -0.1) is 0 Å². The average Bonchev–Trinajstić information content (AvgIpc) is 3.58. The first-order valence-corrected chi connectivity index (χ1v) is 17.8. The van der Waals surface area contributed by atoms with Gasteiger partial charge >= 0.3 is 0 Å². The summed E-state index contributed by atoms with van der Waals surface area (Å²) in [5.41, 5.74) is 16.5. The van der Waals surface area contributed by atoms with Crippen LogP contribution in [0.4, 0.5) is 17.1 Å². The third kappa shape index (κ3) is 5.87. The molecule has 2 heteroatoms. The summed E-state index contributed by atoms with van der Waals surface area (Å²) in [6, 6.07) is 76.0. The number of hydrogen-bond acceptors (Lipinski definition) is 1. The molecule has 9 rings (SSSR count). The number of pyridine rings is 1. The van der Waals surface area contributed by atoms with Crippen molar-refractivity contribution in [3.63, 3.8) is 0 Å². The molecule has 0 fully saturated rings. The molecule has 0 aliphatic rings. The predicted octanol–water partition coefficient (Wildman–Crippen LogP) is 13.7. The molecular weight excluding hydrogens is 629 g/mol. The molecule has 0 unspecified atom stereocenters. The van der Waals surface area contributed by atoms with Gasteiger partial charge in [-0.2, -0.15) is 0 Å². The molecular formula is C50H36N2. The lowest BCUT2D eigenvalue weighted by molar-refractivity contribution is 1.20. The van der Waals surface area contributed by atoms with E-state index in [1.165, 1.54) is 55.7 Å². The van der Waals surface area contributed by atoms with Crippen molar-refractivity contribution < 1.29 is 0 Å². The van der Waals surface area contributed by atoms with E-state index in [4.69, 9.17) is 0 Å². The standard InChI is InChI=1S/C50H36N2/c1-5-15-37(16-6-1)39-24-30-44(31-25-39)52(45-32-26-40(27-33-45)38-17-7-2-8-18-38)46-34-28-43(29-35-46)50-49(42-21-11-4-12-22-42)48(41-19-9-3-10-20-41)47-23-13-14-36-51(47)50/h1-36H. The Hall–Kier alpha value is -6.90. The van der Waals surface area contributed by atoms with Gasteiger partial charge in [0.05, 0.1) is 11.2 Å². The fourth-order valence-electron chi connectivity index (χ4n) is 7.36. The number of aromatic nitrogens is 1. The van der Waals surface area contributed by atoms with Crippen molar-refractivity contribution in [2.24, 2.45) is 0 Å². The van der Waals surface area contributed by atoms with Gasteiger partial charge in [0.2, 0.25) is 0 Å². The summed E-state index contributed by atoms with van der Waals surface area (Å²) in [4.78, 5) is 2.34. The van der Waals surface area contributed by atoms with E-state index >= 15 is 0 Å². The van der Waals surface area contributed by atoms with Gasteiger partial charge in [0.25, 0.3) is 0 Å². The van der Waals surface area contributed by atoms with E-state index in [1.54, 1.807) is 0 Å². The van der Waals surface area contributed by atoms with Crippen LogP contribution in [0.25, 0.3) is 61.3 Å². The normalized spacial score (nSPS) is 11.1. The molecule has 0 aliphatic heterocycles. The number of rotatable bonds is 8. The molecule has 0 aliphatic carbocycles. The molecule has 0 saturated heterocycles. The third-order valence-electron chi connectivity index (χ3n) is 9.83. The summed E-state index contributed by atoms with van der Waals surface area (Å²) < 4.78 is 2.35. The maximum absolute atomic E-state index is 2.35. The second kappa shape index (κ2) is 13.8. The van der Waals surface area contributed by atoms with E-state index < -0.39 is 0 Å². The summed E-state index contributed by atoms with van der Waals surface area (Å²) >= 11 is 0. The fourth-order valence-corrected chi connectivity index (χ4v) is 7.36. The Bertz CT molecular complexity index is 2470. The van der Waals surface area contributed by atoms with Crippen LogP contribution in [0.15, 0.2) is 219 Å². The molecule has 2 heterocycles. The van der Waals surface area contributed by atoms with E-state index in [0.29, 0.717) is 0 Å². The highest BCUT2D eigenvalue weighted by Crippen LogP contribution is 2.45. The highest BCUT2D eigenvalue weighted by atomic mass is 15.1. The van der Waals surface area contributed by atoms with Crippen molar-refractivity contribution in [2.45, 2.75) is 0 Å². The quantitative estimate of drug-likeness (QED) is 0.157. The van der Waals surface area contributed by atoms with Crippen LogP contribution in [-0.4, -0.2) is 4.40 Å². The summed E-state index contributed by atoms with van der Waals surface area (Å²) in [5.74, 6) is 0. The van der Waals surface area contributed by atoms with E-state index in [-0.39, 0.29) is 0 Å². The maximum atomic E-state index is 2.35. The second-order valence-electron chi connectivity index (χ2n) is 13.0. The number of nitrogens with zero attached hydrogens (tertiary/aromatic N) is 2. The Balaban J connectivity index is 1.18. The molecule has 2 nitrogen and oxygen atoms in total. The van der Waals surface area contributed by atoms with Crippen molar-refractivity contribution in [1.82, 2.24) is 4.40 Å². The number of fused-ring (bicyclic) bond motifs is 1. The Morgan fingerprint density at radius 3 is 1.06 bits per heavy atom. The zero-order valence-corrected chi connectivity index (χ0v) is 28.7. The Morgan fingerprint density at radius 1 is 0.269 bits per heavy atom. The van der Waals surface area contributed by atoms with E-state index in [1.807, 2.05) is 0 Å². The van der Waals surface area contributed by atoms with Gasteiger partial charge < -0.3 is 9.30 Å². The van der Waals surface area contributed by atoms with Crippen LogP contribution < -0.4 is 4.90 Å². The largest absolute Gasteiger partial charge is 0.315 e.